The number of esters is 1. The lowest BCUT2D eigenvalue weighted by atomic mass is 9.92. The van der Waals surface area contributed by atoms with Crippen molar-refractivity contribution in [3.63, 3.8) is 0 Å². The van der Waals surface area contributed by atoms with E-state index in [1.54, 1.807) is 6.92 Å². The van der Waals surface area contributed by atoms with Crippen LogP contribution in [0.2, 0.25) is 0 Å². The van der Waals surface area contributed by atoms with Crippen LogP contribution in [-0.4, -0.2) is 42.6 Å². The summed E-state index contributed by atoms with van der Waals surface area (Å²) in [6.07, 6.45) is 8.95. The van der Waals surface area contributed by atoms with Gasteiger partial charge in [0.1, 0.15) is 5.75 Å². The maximum atomic E-state index is 11.9. The number of benzene rings is 3. The van der Waals surface area contributed by atoms with Crippen LogP contribution in [0.1, 0.15) is 74.3 Å². The molecule has 0 spiro atoms. The third-order valence-electron chi connectivity index (χ3n) is 7.97. The van der Waals surface area contributed by atoms with E-state index in [0.717, 1.165) is 42.6 Å². The van der Waals surface area contributed by atoms with Crippen molar-refractivity contribution in [2.24, 2.45) is 5.92 Å². The van der Waals surface area contributed by atoms with Crippen molar-refractivity contribution in [3.05, 3.63) is 101 Å². The maximum absolute atomic E-state index is 11.9. The highest BCUT2D eigenvalue weighted by Gasteiger charge is 2.13. The van der Waals surface area contributed by atoms with E-state index in [1.807, 2.05) is 6.07 Å². The minimum Gasteiger partial charge on any atom is -0.493 e. The van der Waals surface area contributed by atoms with Crippen molar-refractivity contribution in [2.75, 3.05) is 26.4 Å². The Morgan fingerprint density at radius 2 is 1.47 bits per heavy atom. The highest BCUT2D eigenvalue weighted by Crippen LogP contribution is 2.31. The third-order valence-corrected chi connectivity index (χ3v) is 7.97. The Morgan fingerprint density at radius 1 is 0.791 bits per heavy atom. The number of aryl methyl sites for hydroxylation is 4. The normalized spacial score (nSPS) is 11.1. The largest absolute Gasteiger partial charge is 0.493 e. The van der Waals surface area contributed by atoms with Crippen molar-refractivity contribution in [2.45, 2.75) is 78.6 Å². The second kappa shape index (κ2) is 18.3. The van der Waals surface area contributed by atoms with Crippen LogP contribution in [0.4, 0.5) is 0 Å². The summed E-state index contributed by atoms with van der Waals surface area (Å²) in [4.78, 5) is 11.9. The van der Waals surface area contributed by atoms with Gasteiger partial charge in [-0.25, -0.2) is 4.79 Å². The van der Waals surface area contributed by atoms with E-state index in [9.17, 15) is 15.0 Å². The number of carbonyl (C=O) groups excluding carboxylic acids is 1. The molecule has 0 atom stereocenters. The van der Waals surface area contributed by atoms with E-state index >= 15 is 0 Å². The third kappa shape index (κ3) is 11.0. The molecule has 0 bridgehead atoms. The lowest BCUT2D eigenvalue weighted by molar-refractivity contribution is -0.138. The van der Waals surface area contributed by atoms with Crippen molar-refractivity contribution in [3.8, 4) is 16.9 Å². The van der Waals surface area contributed by atoms with Gasteiger partial charge in [0.05, 0.1) is 13.2 Å². The van der Waals surface area contributed by atoms with Gasteiger partial charge in [-0.3, -0.25) is 0 Å². The highest BCUT2D eigenvalue weighted by atomic mass is 16.5. The average Bonchev–Trinajstić information content (AvgIpc) is 3.03. The minimum atomic E-state index is -0.404. The molecule has 232 valence electrons. The maximum Gasteiger partial charge on any atom is 0.333 e. The summed E-state index contributed by atoms with van der Waals surface area (Å²) in [6.45, 7) is 10.2. The molecule has 0 amide bonds. The Morgan fingerprint density at radius 3 is 2.12 bits per heavy atom. The van der Waals surface area contributed by atoms with Gasteiger partial charge in [-0.1, -0.05) is 81.8 Å². The Hall–Kier alpha value is -3.41. The summed E-state index contributed by atoms with van der Waals surface area (Å²) in [5.74, 6) is 0.106. The molecule has 43 heavy (non-hydrogen) atoms. The van der Waals surface area contributed by atoms with Crippen molar-refractivity contribution in [1.82, 2.24) is 0 Å². The van der Waals surface area contributed by atoms with Crippen molar-refractivity contribution >= 4 is 5.97 Å². The number of rotatable bonds is 19. The number of aliphatic hydroxyl groups excluding tert-OH is 2. The van der Waals surface area contributed by atoms with Gasteiger partial charge >= 0.3 is 5.97 Å². The first-order valence-electron chi connectivity index (χ1n) is 15.9. The number of ether oxygens (including phenoxy) is 2. The van der Waals surface area contributed by atoms with Gasteiger partial charge in [-0.15, -0.1) is 0 Å². The standard InChI is InChI=1S/C38H50O5/c1-5-7-8-9-29-10-12-30(13-11-29)14-15-31-16-18-36(33(6-2)24-31)34-17-19-37(42-22-20-32(26-39)27-40)35(25-34)21-23-43-38(41)28(3)4/h10-13,16-19,24-25,32,39-40H,3,5-9,14-15,20-23,26-27H2,1-2,4H3. The summed E-state index contributed by atoms with van der Waals surface area (Å²) >= 11 is 0. The van der Waals surface area contributed by atoms with Crippen LogP contribution in [0.15, 0.2) is 72.8 Å². The molecule has 0 aliphatic carbocycles. The summed E-state index contributed by atoms with van der Waals surface area (Å²) < 4.78 is 11.4. The molecule has 0 unspecified atom stereocenters. The Bertz CT molecular complexity index is 1290. The van der Waals surface area contributed by atoms with E-state index in [4.69, 9.17) is 9.47 Å². The number of unbranched alkanes of at least 4 members (excludes halogenated alkanes) is 2. The second-order valence-electron chi connectivity index (χ2n) is 11.5. The Kier molecular flexibility index (Phi) is 14.5. The fraction of sp³-hybridized carbons (Fsp3) is 0.447. The van der Waals surface area contributed by atoms with Gasteiger partial charge in [0.15, 0.2) is 0 Å². The summed E-state index contributed by atoms with van der Waals surface area (Å²) in [5.41, 5.74) is 9.04. The SMILES string of the molecule is C=C(C)C(=O)OCCc1cc(-c2ccc(CCc3ccc(CCCCC)cc3)cc2CC)ccc1OCCC(CO)CO. The molecule has 0 heterocycles. The van der Waals surface area contributed by atoms with Gasteiger partial charge in [0, 0.05) is 31.1 Å². The van der Waals surface area contributed by atoms with Gasteiger partial charge < -0.3 is 19.7 Å². The summed E-state index contributed by atoms with van der Waals surface area (Å²) in [6, 6.07) is 22.1. The quantitative estimate of drug-likeness (QED) is 0.0866. The van der Waals surface area contributed by atoms with Crippen molar-refractivity contribution in [1.29, 1.82) is 0 Å². The minimum absolute atomic E-state index is 0.0797. The van der Waals surface area contributed by atoms with Crippen molar-refractivity contribution < 1.29 is 24.5 Å². The summed E-state index contributed by atoms with van der Waals surface area (Å²) in [7, 11) is 0. The molecule has 0 radical (unpaired) electrons. The van der Waals surface area contributed by atoms with E-state index in [2.05, 4.69) is 75.0 Å². The summed E-state index contributed by atoms with van der Waals surface area (Å²) in [5, 5.41) is 18.8. The first-order chi connectivity index (χ1) is 20.9. The van der Waals surface area contributed by atoms with E-state index in [-0.39, 0.29) is 25.7 Å². The molecular weight excluding hydrogens is 536 g/mol. The van der Waals surface area contributed by atoms with Crippen LogP contribution in [0.3, 0.4) is 0 Å². The molecule has 0 aliphatic rings. The van der Waals surface area contributed by atoms with E-state index in [0.29, 0.717) is 25.0 Å². The zero-order chi connectivity index (χ0) is 31.0. The highest BCUT2D eigenvalue weighted by molar-refractivity contribution is 5.86. The topological polar surface area (TPSA) is 76.0 Å². The molecule has 0 saturated carbocycles. The average molecular weight is 587 g/mol. The monoisotopic (exact) mass is 586 g/mol. The van der Waals surface area contributed by atoms with E-state index in [1.165, 1.54) is 47.1 Å². The first-order valence-corrected chi connectivity index (χ1v) is 15.9. The molecule has 0 fully saturated rings. The van der Waals surface area contributed by atoms with Gasteiger partial charge in [0.2, 0.25) is 0 Å². The molecule has 2 N–H and O–H groups in total. The Labute approximate surface area is 258 Å². The predicted molar refractivity (Wildman–Crippen MR) is 176 cm³/mol. The molecule has 5 nitrogen and oxygen atoms in total. The van der Waals surface area contributed by atoms with Crippen LogP contribution in [0.5, 0.6) is 5.75 Å². The molecule has 0 saturated heterocycles. The molecule has 5 heteroatoms. The number of aliphatic hydroxyl groups is 2. The van der Waals surface area contributed by atoms with Gasteiger partial charge in [0.25, 0.3) is 0 Å². The first kappa shape index (κ1) is 34.1. The second-order valence-corrected chi connectivity index (χ2v) is 11.5. The molecule has 3 aromatic rings. The van der Waals surface area contributed by atoms with Crippen LogP contribution in [0.25, 0.3) is 11.1 Å². The number of carbonyl (C=O) groups is 1. The van der Waals surface area contributed by atoms with Crippen LogP contribution < -0.4 is 4.74 Å². The molecular formula is C38H50O5. The smallest absolute Gasteiger partial charge is 0.333 e. The van der Waals surface area contributed by atoms with Crippen LogP contribution in [0, 0.1) is 5.92 Å². The molecule has 3 aromatic carbocycles. The van der Waals surface area contributed by atoms with Crippen LogP contribution in [-0.2, 0) is 41.6 Å². The fourth-order valence-corrected chi connectivity index (χ4v) is 5.15. The van der Waals surface area contributed by atoms with Gasteiger partial charge in [-0.05, 0) is 96.5 Å². The number of hydrogen-bond donors (Lipinski definition) is 2. The molecule has 0 aliphatic heterocycles. The molecule has 3 rings (SSSR count). The zero-order valence-corrected chi connectivity index (χ0v) is 26.4. The van der Waals surface area contributed by atoms with Crippen LogP contribution >= 0.6 is 0 Å². The lowest BCUT2D eigenvalue weighted by Gasteiger charge is -2.17. The predicted octanol–water partition coefficient (Wildman–Crippen LogP) is 7.47. The number of hydrogen-bond acceptors (Lipinski definition) is 5. The van der Waals surface area contributed by atoms with Gasteiger partial charge in [-0.2, -0.15) is 0 Å². The lowest BCUT2D eigenvalue weighted by Crippen LogP contribution is -2.15. The zero-order valence-electron chi connectivity index (χ0n) is 26.4. The Balaban J connectivity index is 1.73. The fourth-order valence-electron chi connectivity index (χ4n) is 5.15. The van der Waals surface area contributed by atoms with E-state index < -0.39 is 5.97 Å². The molecule has 0 aromatic heterocycles.